The van der Waals surface area contributed by atoms with E-state index < -0.39 is 0 Å². The summed E-state index contributed by atoms with van der Waals surface area (Å²) in [5.41, 5.74) is 3.57. The molecule has 2 nitrogen and oxygen atoms in total. The molecular formula is C29H43NO. The third-order valence-corrected chi connectivity index (χ3v) is 7.06. The fourth-order valence-corrected chi connectivity index (χ4v) is 5.02. The Morgan fingerprint density at radius 1 is 0.774 bits per heavy atom. The van der Waals surface area contributed by atoms with Gasteiger partial charge in [-0.15, -0.1) is 0 Å². The number of aromatic nitrogens is 1. The van der Waals surface area contributed by atoms with Gasteiger partial charge in [-0.2, -0.15) is 0 Å². The Hall–Kier alpha value is -1.83. The molecule has 1 fully saturated rings. The molecule has 1 heterocycles. The van der Waals surface area contributed by atoms with Crippen molar-refractivity contribution in [1.29, 1.82) is 0 Å². The summed E-state index contributed by atoms with van der Waals surface area (Å²) in [6, 6.07) is 12.7. The standard InChI is InChI=1S/C29H43NO/c1-3-5-6-7-8-9-10-24-11-13-25(14-12-24)15-16-26-17-22-29(30-23-26)27-18-20-28(21-19-27)31-4-2/h17-25H,3-16H2,1-2H3. The number of pyridine rings is 1. The quantitative estimate of drug-likeness (QED) is 0.302. The lowest BCUT2D eigenvalue weighted by Gasteiger charge is -2.28. The molecule has 0 unspecified atom stereocenters. The van der Waals surface area contributed by atoms with E-state index in [-0.39, 0.29) is 0 Å². The summed E-state index contributed by atoms with van der Waals surface area (Å²) in [4.78, 5) is 4.72. The van der Waals surface area contributed by atoms with Crippen LogP contribution in [0.5, 0.6) is 5.75 Å². The molecule has 170 valence electrons. The van der Waals surface area contributed by atoms with Gasteiger partial charge >= 0.3 is 0 Å². The summed E-state index contributed by atoms with van der Waals surface area (Å²) in [6.45, 7) is 5.01. The Kier molecular flexibility index (Phi) is 10.4. The van der Waals surface area contributed by atoms with Crippen LogP contribution in [0.2, 0.25) is 0 Å². The largest absolute Gasteiger partial charge is 0.494 e. The number of benzene rings is 1. The van der Waals surface area contributed by atoms with Crippen LogP contribution in [0.4, 0.5) is 0 Å². The van der Waals surface area contributed by atoms with Gasteiger partial charge in [-0.3, -0.25) is 4.98 Å². The third-order valence-electron chi connectivity index (χ3n) is 7.06. The molecule has 1 aliphatic rings. The number of hydrogen-bond acceptors (Lipinski definition) is 2. The summed E-state index contributed by atoms with van der Waals surface area (Å²) < 4.78 is 5.53. The second kappa shape index (κ2) is 13.6. The van der Waals surface area contributed by atoms with Crippen molar-refractivity contribution in [3.8, 4) is 17.0 Å². The minimum atomic E-state index is 0.701. The first-order chi connectivity index (χ1) is 15.3. The minimum absolute atomic E-state index is 0.701. The van der Waals surface area contributed by atoms with Gasteiger partial charge in [0.25, 0.3) is 0 Å². The van der Waals surface area contributed by atoms with E-state index in [1.165, 1.54) is 89.0 Å². The molecule has 2 aromatic rings. The van der Waals surface area contributed by atoms with E-state index >= 15 is 0 Å². The van der Waals surface area contributed by atoms with Crippen molar-refractivity contribution in [2.45, 2.75) is 97.3 Å². The van der Waals surface area contributed by atoms with Crippen molar-refractivity contribution in [2.75, 3.05) is 6.61 Å². The summed E-state index contributed by atoms with van der Waals surface area (Å²) >= 11 is 0. The van der Waals surface area contributed by atoms with Gasteiger partial charge in [0.15, 0.2) is 0 Å². The molecule has 0 atom stereocenters. The SMILES string of the molecule is CCCCCCCCC1CCC(CCc2ccc(-c3ccc(OCC)cc3)nc2)CC1. The molecule has 1 aliphatic carbocycles. The van der Waals surface area contributed by atoms with Crippen LogP contribution in [0.25, 0.3) is 11.3 Å². The lowest BCUT2D eigenvalue weighted by atomic mass is 9.78. The molecule has 0 spiro atoms. The first kappa shape index (κ1) is 23.8. The van der Waals surface area contributed by atoms with Crippen LogP contribution in [0.1, 0.15) is 96.5 Å². The van der Waals surface area contributed by atoms with E-state index in [0.717, 1.165) is 28.8 Å². The molecular weight excluding hydrogens is 378 g/mol. The van der Waals surface area contributed by atoms with E-state index in [1.807, 2.05) is 19.1 Å². The predicted molar refractivity (Wildman–Crippen MR) is 133 cm³/mol. The second-order valence-electron chi connectivity index (χ2n) is 9.49. The third kappa shape index (κ3) is 8.31. The average Bonchev–Trinajstić information content (AvgIpc) is 2.82. The number of rotatable bonds is 13. The number of unbranched alkanes of at least 4 members (excludes halogenated alkanes) is 5. The summed E-state index contributed by atoms with van der Waals surface area (Å²) in [7, 11) is 0. The van der Waals surface area contributed by atoms with Crippen molar-refractivity contribution >= 4 is 0 Å². The van der Waals surface area contributed by atoms with Gasteiger partial charge in [-0.1, -0.05) is 83.6 Å². The minimum Gasteiger partial charge on any atom is -0.494 e. The summed E-state index contributed by atoms with van der Waals surface area (Å²) in [5, 5.41) is 0. The number of ether oxygens (including phenoxy) is 1. The van der Waals surface area contributed by atoms with Gasteiger partial charge in [-0.25, -0.2) is 0 Å². The maximum Gasteiger partial charge on any atom is 0.119 e. The highest BCUT2D eigenvalue weighted by Gasteiger charge is 2.20. The zero-order chi connectivity index (χ0) is 21.7. The van der Waals surface area contributed by atoms with Gasteiger partial charge < -0.3 is 4.74 Å². The predicted octanol–water partition coefficient (Wildman–Crippen LogP) is 8.64. The fourth-order valence-electron chi connectivity index (χ4n) is 5.02. The summed E-state index contributed by atoms with van der Waals surface area (Å²) in [6.07, 6.45) is 20.5. The van der Waals surface area contributed by atoms with Crippen molar-refractivity contribution < 1.29 is 4.74 Å². The van der Waals surface area contributed by atoms with Crippen LogP contribution in [0, 0.1) is 11.8 Å². The molecule has 3 rings (SSSR count). The first-order valence-electron chi connectivity index (χ1n) is 13.0. The van der Waals surface area contributed by atoms with Gasteiger partial charge in [-0.05, 0) is 67.5 Å². The van der Waals surface area contributed by atoms with Crippen molar-refractivity contribution in [3.63, 3.8) is 0 Å². The van der Waals surface area contributed by atoms with Crippen LogP contribution in [0.15, 0.2) is 42.6 Å². The fraction of sp³-hybridized carbons (Fsp3) is 0.621. The van der Waals surface area contributed by atoms with E-state index in [1.54, 1.807) is 0 Å². The molecule has 2 heteroatoms. The molecule has 0 radical (unpaired) electrons. The molecule has 1 saturated carbocycles. The monoisotopic (exact) mass is 421 g/mol. The molecule has 0 bridgehead atoms. The number of aryl methyl sites for hydroxylation is 1. The number of hydrogen-bond donors (Lipinski definition) is 0. The highest BCUT2D eigenvalue weighted by Crippen LogP contribution is 2.34. The molecule has 0 N–H and O–H groups in total. The molecule has 0 saturated heterocycles. The van der Waals surface area contributed by atoms with E-state index in [0.29, 0.717) is 6.61 Å². The maximum absolute atomic E-state index is 5.53. The Morgan fingerprint density at radius 3 is 2.10 bits per heavy atom. The molecule has 1 aromatic carbocycles. The van der Waals surface area contributed by atoms with Crippen molar-refractivity contribution in [1.82, 2.24) is 4.98 Å². The Bertz CT molecular complexity index is 713. The van der Waals surface area contributed by atoms with E-state index in [4.69, 9.17) is 9.72 Å². The Morgan fingerprint density at radius 2 is 1.45 bits per heavy atom. The zero-order valence-corrected chi connectivity index (χ0v) is 20.0. The van der Waals surface area contributed by atoms with Crippen LogP contribution >= 0.6 is 0 Å². The Balaban J connectivity index is 1.33. The smallest absolute Gasteiger partial charge is 0.119 e. The number of nitrogens with zero attached hydrogens (tertiary/aromatic N) is 1. The van der Waals surface area contributed by atoms with Gasteiger partial charge in [0.05, 0.1) is 12.3 Å². The topological polar surface area (TPSA) is 22.1 Å². The molecule has 1 aromatic heterocycles. The van der Waals surface area contributed by atoms with Gasteiger partial charge in [0.1, 0.15) is 5.75 Å². The van der Waals surface area contributed by atoms with E-state index in [2.05, 4.69) is 37.4 Å². The maximum atomic E-state index is 5.53. The molecule has 0 amide bonds. The van der Waals surface area contributed by atoms with Crippen LogP contribution in [-0.4, -0.2) is 11.6 Å². The highest BCUT2D eigenvalue weighted by molar-refractivity contribution is 5.60. The molecule has 0 aliphatic heterocycles. The van der Waals surface area contributed by atoms with E-state index in [9.17, 15) is 0 Å². The molecule has 31 heavy (non-hydrogen) atoms. The first-order valence-corrected chi connectivity index (χ1v) is 13.0. The lowest BCUT2D eigenvalue weighted by Crippen LogP contribution is -2.15. The zero-order valence-electron chi connectivity index (χ0n) is 20.0. The van der Waals surface area contributed by atoms with Crippen LogP contribution in [0.3, 0.4) is 0 Å². The van der Waals surface area contributed by atoms with Crippen molar-refractivity contribution in [2.24, 2.45) is 11.8 Å². The van der Waals surface area contributed by atoms with Crippen LogP contribution in [-0.2, 0) is 6.42 Å². The van der Waals surface area contributed by atoms with Crippen molar-refractivity contribution in [3.05, 3.63) is 48.2 Å². The van der Waals surface area contributed by atoms with Crippen LogP contribution < -0.4 is 4.74 Å². The second-order valence-corrected chi connectivity index (χ2v) is 9.49. The lowest BCUT2D eigenvalue weighted by molar-refractivity contribution is 0.248. The van der Waals surface area contributed by atoms with Gasteiger partial charge in [0, 0.05) is 11.8 Å². The average molecular weight is 422 g/mol. The van der Waals surface area contributed by atoms with Gasteiger partial charge in [0.2, 0.25) is 0 Å². The normalized spacial score (nSPS) is 18.8. The highest BCUT2D eigenvalue weighted by atomic mass is 16.5. The Labute approximate surface area is 190 Å². The summed E-state index contributed by atoms with van der Waals surface area (Å²) in [5.74, 6) is 2.86.